The molecule has 88 valence electrons. The van der Waals surface area contributed by atoms with Crippen LogP contribution in [0.3, 0.4) is 0 Å². The van der Waals surface area contributed by atoms with Gasteiger partial charge in [0.1, 0.15) is 0 Å². The van der Waals surface area contributed by atoms with Crippen LogP contribution < -0.4 is 0 Å². The quantitative estimate of drug-likeness (QED) is 0.665. The first-order chi connectivity index (χ1) is 6.93. The summed E-state index contributed by atoms with van der Waals surface area (Å²) in [7, 11) is 1.88. The second-order valence-electron chi connectivity index (χ2n) is 6.44. The molecule has 2 heteroatoms. The van der Waals surface area contributed by atoms with Crippen molar-refractivity contribution in [3.05, 3.63) is 0 Å². The fraction of sp³-hybridized carbons (Fsp3) is 1.00. The maximum Gasteiger partial charge on any atom is 0.0727 e. The number of ether oxygens (including phenoxy) is 2. The zero-order valence-electron chi connectivity index (χ0n) is 10.6. The average Bonchev–Trinajstić information content (AvgIpc) is 2.14. The van der Waals surface area contributed by atoms with Gasteiger partial charge in [0.15, 0.2) is 0 Å². The van der Waals surface area contributed by atoms with Crippen LogP contribution in [0.15, 0.2) is 0 Å². The lowest BCUT2D eigenvalue weighted by molar-refractivity contribution is -0.190. The Kier molecular flexibility index (Phi) is 2.63. The molecule has 1 heterocycles. The fourth-order valence-electron chi connectivity index (χ4n) is 3.12. The second kappa shape index (κ2) is 3.46. The van der Waals surface area contributed by atoms with Crippen molar-refractivity contribution in [2.24, 2.45) is 10.8 Å². The third-order valence-electron chi connectivity index (χ3n) is 4.69. The number of rotatable bonds is 1. The molecule has 0 N–H and O–H groups in total. The van der Waals surface area contributed by atoms with Gasteiger partial charge in [-0.15, -0.1) is 0 Å². The van der Waals surface area contributed by atoms with Gasteiger partial charge >= 0.3 is 0 Å². The van der Waals surface area contributed by atoms with Gasteiger partial charge in [-0.1, -0.05) is 20.8 Å². The van der Waals surface area contributed by atoms with E-state index in [0.29, 0.717) is 5.41 Å². The van der Waals surface area contributed by atoms with E-state index in [0.717, 1.165) is 13.2 Å². The van der Waals surface area contributed by atoms with E-state index in [2.05, 4.69) is 20.8 Å². The Morgan fingerprint density at radius 3 is 1.80 bits per heavy atom. The molecule has 2 rings (SSSR count). The van der Waals surface area contributed by atoms with Gasteiger partial charge in [0.05, 0.1) is 18.8 Å². The first kappa shape index (κ1) is 11.4. The predicted molar refractivity (Wildman–Crippen MR) is 60.9 cm³/mol. The highest BCUT2D eigenvalue weighted by molar-refractivity contribution is 5.01. The summed E-state index contributed by atoms with van der Waals surface area (Å²) in [6.07, 6.45) is 4.93. The molecule has 0 amide bonds. The third kappa shape index (κ3) is 1.72. The van der Waals surface area contributed by atoms with Gasteiger partial charge in [0.25, 0.3) is 0 Å². The molecule has 0 unspecified atom stereocenters. The van der Waals surface area contributed by atoms with E-state index >= 15 is 0 Å². The minimum absolute atomic E-state index is 0.0911. The predicted octanol–water partition coefficient (Wildman–Crippen LogP) is 3.01. The van der Waals surface area contributed by atoms with E-state index < -0.39 is 0 Å². The van der Waals surface area contributed by atoms with Gasteiger partial charge < -0.3 is 9.47 Å². The fourth-order valence-corrected chi connectivity index (χ4v) is 3.12. The van der Waals surface area contributed by atoms with E-state index in [1.165, 1.54) is 25.7 Å². The van der Waals surface area contributed by atoms with Crippen molar-refractivity contribution in [1.82, 2.24) is 0 Å². The van der Waals surface area contributed by atoms with Crippen LogP contribution in [0.2, 0.25) is 0 Å². The molecular weight excluding hydrogens is 188 g/mol. The molecule has 1 aliphatic carbocycles. The van der Waals surface area contributed by atoms with Crippen LogP contribution in [0.5, 0.6) is 0 Å². The molecule has 2 aliphatic rings. The highest BCUT2D eigenvalue weighted by Crippen LogP contribution is 2.52. The topological polar surface area (TPSA) is 18.5 Å². The minimum atomic E-state index is 0.0911. The first-order valence-electron chi connectivity index (χ1n) is 6.06. The maximum atomic E-state index is 5.86. The van der Waals surface area contributed by atoms with Crippen LogP contribution in [0.4, 0.5) is 0 Å². The molecule has 2 nitrogen and oxygen atoms in total. The van der Waals surface area contributed by atoms with Gasteiger partial charge in [0.2, 0.25) is 0 Å². The van der Waals surface area contributed by atoms with Crippen molar-refractivity contribution in [2.45, 2.75) is 52.1 Å². The maximum absolute atomic E-state index is 5.86. The molecule has 0 atom stereocenters. The average molecular weight is 212 g/mol. The molecule has 1 spiro atoms. The van der Waals surface area contributed by atoms with Gasteiger partial charge in [0, 0.05) is 12.5 Å². The highest BCUT2D eigenvalue weighted by atomic mass is 16.5. The monoisotopic (exact) mass is 212 g/mol. The zero-order valence-corrected chi connectivity index (χ0v) is 10.6. The van der Waals surface area contributed by atoms with Crippen LogP contribution in [0.1, 0.15) is 46.5 Å². The number of hydrogen-bond acceptors (Lipinski definition) is 2. The molecule has 0 bridgehead atoms. The van der Waals surface area contributed by atoms with E-state index in [4.69, 9.17) is 9.47 Å². The number of methoxy groups -OCH3 is 1. The summed E-state index contributed by atoms with van der Waals surface area (Å²) in [5, 5.41) is 0. The van der Waals surface area contributed by atoms with Crippen molar-refractivity contribution in [3.63, 3.8) is 0 Å². The summed E-state index contributed by atoms with van der Waals surface area (Å²) in [5.41, 5.74) is 0.856. The first-order valence-corrected chi connectivity index (χ1v) is 6.06. The largest absolute Gasteiger partial charge is 0.380 e. The summed E-state index contributed by atoms with van der Waals surface area (Å²) in [5.74, 6) is 0. The van der Waals surface area contributed by atoms with Crippen molar-refractivity contribution in [3.8, 4) is 0 Å². The molecule has 1 saturated heterocycles. The van der Waals surface area contributed by atoms with Crippen LogP contribution in [-0.4, -0.2) is 25.9 Å². The Balaban J connectivity index is 2.06. The van der Waals surface area contributed by atoms with E-state index in [1.807, 2.05) is 7.11 Å². The molecular formula is C13H24O2. The highest BCUT2D eigenvalue weighted by Gasteiger charge is 2.51. The van der Waals surface area contributed by atoms with Crippen LogP contribution >= 0.6 is 0 Å². The van der Waals surface area contributed by atoms with E-state index in [9.17, 15) is 0 Å². The smallest absolute Gasteiger partial charge is 0.0727 e. The number of hydrogen-bond donors (Lipinski definition) is 0. The van der Waals surface area contributed by atoms with Crippen LogP contribution in [-0.2, 0) is 9.47 Å². The van der Waals surface area contributed by atoms with Gasteiger partial charge in [-0.05, 0) is 31.1 Å². The summed E-state index contributed by atoms with van der Waals surface area (Å²) >= 11 is 0. The Morgan fingerprint density at radius 2 is 1.53 bits per heavy atom. The Hall–Kier alpha value is -0.0800. The lowest BCUT2D eigenvalue weighted by Crippen LogP contribution is -2.54. The van der Waals surface area contributed by atoms with E-state index in [-0.39, 0.29) is 11.0 Å². The van der Waals surface area contributed by atoms with Crippen LogP contribution in [0, 0.1) is 10.8 Å². The Labute approximate surface area is 93.3 Å². The summed E-state index contributed by atoms with van der Waals surface area (Å²) in [6.45, 7) is 8.86. The van der Waals surface area contributed by atoms with Crippen LogP contribution in [0.25, 0.3) is 0 Å². The standard InChI is InChI=1S/C13H24O2/c1-11(2,3)13(14-4)7-5-12(6-8-13)9-15-10-12/h5-10H2,1-4H3. The van der Waals surface area contributed by atoms with Gasteiger partial charge in [-0.2, -0.15) is 0 Å². The van der Waals surface area contributed by atoms with Crippen molar-refractivity contribution in [2.75, 3.05) is 20.3 Å². The molecule has 0 aromatic heterocycles. The molecule has 1 aliphatic heterocycles. The molecule has 1 saturated carbocycles. The van der Waals surface area contributed by atoms with Crippen molar-refractivity contribution in [1.29, 1.82) is 0 Å². The molecule has 0 aromatic carbocycles. The van der Waals surface area contributed by atoms with Gasteiger partial charge in [-0.3, -0.25) is 0 Å². The Bertz CT molecular complexity index is 225. The second-order valence-corrected chi connectivity index (χ2v) is 6.44. The summed E-state index contributed by atoms with van der Waals surface area (Å²) in [4.78, 5) is 0. The lowest BCUT2D eigenvalue weighted by Gasteiger charge is -2.54. The Morgan fingerprint density at radius 1 is 1.00 bits per heavy atom. The SMILES string of the molecule is COC1(C(C)(C)C)CCC2(CC1)COC2. The minimum Gasteiger partial charge on any atom is -0.380 e. The summed E-state index contributed by atoms with van der Waals surface area (Å²) in [6, 6.07) is 0. The van der Waals surface area contributed by atoms with Crippen molar-refractivity contribution < 1.29 is 9.47 Å². The molecule has 0 radical (unpaired) electrons. The molecule has 15 heavy (non-hydrogen) atoms. The summed E-state index contributed by atoms with van der Waals surface area (Å²) < 4.78 is 11.2. The van der Waals surface area contributed by atoms with Crippen molar-refractivity contribution >= 4 is 0 Å². The zero-order chi connectivity index (χ0) is 11.2. The molecule has 0 aromatic rings. The van der Waals surface area contributed by atoms with E-state index in [1.54, 1.807) is 0 Å². The van der Waals surface area contributed by atoms with Gasteiger partial charge in [-0.25, -0.2) is 0 Å². The normalized spacial score (nSPS) is 28.8. The lowest BCUT2D eigenvalue weighted by atomic mass is 9.60. The molecule has 2 fully saturated rings. The third-order valence-corrected chi connectivity index (χ3v) is 4.69.